The molecule has 98 valence electrons. The first-order valence-electron chi connectivity index (χ1n) is 5.72. The molecule has 0 unspecified atom stereocenters. The Morgan fingerprint density at radius 2 is 2.05 bits per heavy atom. The molecule has 0 radical (unpaired) electrons. The quantitative estimate of drug-likeness (QED) is 0.873. The second kappa shape index (κ2) is 6.15. The number of nitrogens with one attached hydrogen (secondary N) is 1. The fourth-order valence-corrected chi connectivity index (χ4v) is 1.69. The molecule has 6 heteroatoms. The number of aromatic nitrogens is 2. The molecule has 0 aromatic carbocycles. The number of halogens is 1. The van der Waals surface area contributed by atoms with E-state index in [0.717, 1.165) is 0 Å². The van der Waals surface area contributed by atoms with E-state index in [1.165, 1.54) is 6.20 Å². The zero-order valence-electron chi connectivity index (χ0n) is 10.3. The second-order valence-electron chi connectivity index (χ2n) is 3.59. The molecule has 0 saturated heterocycles. The van der Waals surface area contributed by atoms with Crippen LogP contribution >= 0.6 is 11.6 Å². The van der Waals surface area contributed by atoms with Crippen molar-refractivity contribution in [1.29, 1.82) is 0 Å². The molecule has 0 bridgehead atoms. The topological polar surface area (TPSA) is 64.1 Å². The van der Waals surface area contributed by atoms with E-state index in [0.29, 0.717) is 23.7 Å². The SMILES string of the molecule is CCOc1ncccc1NC(=O)c1cccnc1Cl. The van der Waals surface area contributed by atoms with Crippen LogP contribution in [0.25, 0.3) is 0 Å². The zero-order chi connectivity index (χ0) is 13.7. The van der Waals surface area contributed by atoms with Crippen LogP contribution in [0.4, 0.5) is 5.69 Å². The second-order valence-corrected chi connectivity index (χ2v) is 3.94. The highest BCUT2D eigenvalue weighted by Crippen LogP contribution is 2.22. The van der Waals surface area contributed by atoms with Crippen molar-refractivity contribution >= 4 is 23.2 Å². The Labute approximate surface area is 115 Å². The van der Waals surface area contributed by atoms with Gasteiger partial charge in [-0.3, -0.25) is 4.79 Å². The maximum absolute atomic E-state index is 12.1. The summed E-state index contributed by atoms with van der Waals surface area (Å²) < 4.78 is 5.33. The maximum Gasteiger partial charge on any atom is 0.258 e. The number of hydrogen-bond acceptors (Lipinski definition) is 4. The Morgan fingerprint density at radius 3 is 2.79 bits per heavy atom. The molecule has 2 rings (SSSR count). The Balaban J connectivity index is 2.22. The summed E-state index contributed by atoms with van der Waals surface area (Å²) in [5, 5.41) is 2.86. The summed E-state index contributed by atoms with van der Waals surface area (Å²) in [4.78, 5) is 20.0. The minimum atomic E-state index is -0.355. The van der Waals surface area contributed by atoms with E-state index in [9.17, 15) is 4.79 Å². The predicted molar refractivity (Wildman–Crippen MR) is 72.6 cm³/mol. The van der Waals surface area contributed by atoms with Crippen molar-refractivity contribution in [2.24, 2.45) is 0 Å². The summed E-state index contributed by atoms with van der Waals surface area (Å²) in [6.07, 6.45) is 3.12. The lowest BCUT2D eigenvalue weighted by Gasteiger charge is -2.10. The van der Waals surface area contributed by atoms with Crippen LogP contribution in [0, 0.1) is 0 Å². The van der Waals surface area contributed by atoms with Gasteiger partial charge in [-0.2, -0.15) is 0 Å². The first-order chi connectivity index (χ1) is 9.22. The zero-order valence-corrected chi connectivity index (χ0v) is 11.0. The van der Waals surface area contributed by atoms with Crippen molar-refractivity contribution in [2.45, 2.75) is 6.92 Å². The lowest BCUT2D eigenvalue weighted by Crippen LogP contribution is -2.14. The molecular weight excluding hydrogens is 266 g/mol. The number of nitrogens with zero attached hydrogens (tertiary/aromatic N) is 2. The van der Waals surface area contributed by atoms with Gasteiger partial charge < -0.3 is 10.1 Å². The molecule has 2 aromatic heterocycles. The summed E-state index contributed by atoms with van der Waals surface area (Å²) >= 11 is 5.87. The van der Waals surface area contributed by atoms with Gasteiger partial charge in [0.25, 0.3) is 5.91 Å². The van der Waals surface area contributed by atoms with Crippen LogP contribution in [0.2, 0.25) is 5.15 Å². The molecule has 2 aromatic rings. The van der Waals surface area contributed by atoms with Gasteiger partial charge in [0.15, 0.2) is 0 Å². The van der Waals surface area contributed by atoms with Crippen LogP contribution in [0.15, 0.2) is 36.7 Å². The van der Waals surface area contributed by atoms with Crippen molar-refractivity contribution in [3.05, 3.63) is 47.4 Å². The third kappa shape index (κ3) is 3.20. The molecule has 0 atom stereocenters. The number of ether oxygens (including phenoxy) is 1. The molecule has 0 aliphatic rings. The smallest absolute Gasteiger partial charge is 0.258 e. The fourth-order valence-electron chi connectivity index (χ4n) is 1.48. The third-order valence-corrected chi connectivity index (χ3v) is 2.61. The summed E-state index contributed by atoms with van der Waals surface area (Å²) in [5.74, 6) is 0.0189. The van der Waals surface area contributed by atoms with Gasteiger partial charge >= 0.3 is 0 Å². The van der Waals surface area contributed by atoms with Gasteiger partial charge in [-0.05, 0) is 31.2 Å². The molecule has 19 heavy (non-hydrogen) atoms. The monoisotopic (exact) mass is 277 g/mol. The summed E-state index contributed by atoms with van der Waals surface area (Å²) in [5.41, 5.74) is 0.796. The number of hydrogen-bond donors (Lipinski definition) is 1. The Hall–Kier alpha value is -2.14. The number of carbonyl (C=O) groups excluding carboxylic acids is 1. The minimum absolute atomic E-state index is 0.154. The van der Waals surface area contributed by atoms with Crippen molar-refractivity contribution in [2.75, 3.05) is 11.9 Å². The molecule has 0 aliphatic heterocycles. The van der Waals surface area contributed by atoms with Gasteiger partial charge in [-0.15, -0.1) is 0 Å². The van der Waals surface area contributed by atoms with Crippen LogP contribution in [-0.2, 0) is 0 Å². The van der Waals surface area contributed by atoms with Gasteiger partial charge in [0.1, 0.15) is 10.8 Å². The highest BCUT2D eigenvalue weighted by Gasteiger charge is 2.13. The number of pyridine rings is 2. The molecule has 0 fully saturated rings. The van der Waals surface area contributed by atoms with E-state index >= 15 is 0 Å². The molecule has 2 heterocycles. The average Bonchev–Trinajstić information content (AvgIpc) is 2.41. The number of carbonyl (C=O) groups is 1. The Morgan fingerprint density at radius 1 is 1.32 bits per heavy atom. The van der Waals surface area contributed by atoms with Crippen LogP contribution < -0.4 is 10.1 Å². The van der Waals surface area contributed by atoms with Crippen molar-refractivity contribution in [1.82, 2.24) is 9.97 Å². The van der Waals surface area contributed by atoms with Crippen LogP contribution in [0.1, 0.15) is 17.3 Å². The predicted octanol–water partition coefficient (Wildman–Crippen LogP) is 2.78. The van der Waals surface area contributed by atoms with E-state index in [1.54, 1.807) is 30.5 Å². The lowest BCUT2D eigenvalue weighted by molar-refractivity contribution is 0.102. The Bertz CT molecular complexity index is 590. The lowest BCUT2D eigenvalue weighted by atomic mass is 10.2. The van der Waals surface area contributed by atoms with Gasteiger partial charge in [-0.25, -0.2) is 9.97 Å². The maximum atomic E-state index is 12.1. The number of anilines is 1. The third-order valence-electron chi connectivity index (χ3n) is 2.30. The number of rotatable bonds is 4. The van der Waals surface area contributed by atoms with E-state index in [-0.39, 0.29) is 11.1 Å². The van der Waals surface area contributed by atoms with Gasteiger partial charge in [0.05, 0.1) is 12.2 Å². The first kappa shape index (κ1) is 13.3. The normalized spacial score (nSPS) is 10.0. The van der Waals surface area contributed by atoms with E-state index < -0.39 is 0 Å². The average molecular weight is 278 g/mol. The van der Waals surface area contributed by atoms with E-state index in [4.69, 9.17) is 16.3 Å². The minimum Gasteiger partial charge on any atom is -0.476 e. The molecule has 0 saturated carbocycles. The summed E-state index contributed by atoms with van der Waals surface area (Å²) in [6, 6.07) is 6.66. The highest BCUT2D eigenvalue weighted by atomic mass is 35.5. The molecule has 1 N–H and O–H groups in total. The molecule has 0 aliphatic carbocycles. The van der Waals surface area contributed by atoms with Gasteiger partial charge in [-0.1, -0.05) is 11.6 Å². The summed E-state index contributed by atoms with van der Waals surface area (Å²) in [6.45, 7) is 2.31. The van der Waals surface area contributed by atoms with E-state index in [2.05, 4.69) is 15.3 Å². The number of amides is 1. The standard InChI is InChI=1S/C13H12ClN3O2/c1-2-19-13-10(6-4-8-16-13)17-12(18)9-5-3-7-15-11(9)14/h3-8H,2H2,1H3,(H,17,18). The molecule has 5 nitrogen and oxygen atoms in total. The molecule has 0 spiro atoms. The molecule has 1 amide bonds. The van der Waals surface area contributed by atoms with Crippen LogP contribution in [-0.4, -0.2) is 22.5 Å². The molecular formula is C13H12ClN3O2. The van der Waals surface area contributed by atoms with Gasteiger partial charge in [0.2, 0.25) is 5.88 Å². The van der Waals surface area contributed by atoms with E-state index in [1.807, 2.05) is 6.92 Å². The Kier molecular flexibility index (Phi) is 4.30. The van der Waals surface area contributed by atoms with Crippen molar-refractivity contribution < 1.29 is 9.53 Å². The largest absolute Gasteiger partial charge is 0.476 e. The van der Waals surface area contributed by atoms with Crippen LogP contribution in [0.5, 0.6) is 5.88 Å². The van der Waals surface area contributed by atoms with Crippen LogP contribution in [0.3, 0.4) is 0 Å². The van der Waals surface area contributed by atoms with Crippen molar-refractivity contribution in [3.8, 4) is 5.88 Å². The fraction of sp³-hybridized carbons (Fsp3) is 0.154. The summed E-state index contributed by atoms with van der Waals surface area (Å²) in [7, 11) is 0. The van der Waals surface area contributed by atoms with Gasteiger partial charge in [0, 0.05) is 12.4 Å². The highest BCUT2D eigenvalue weighted by molar-refractivity contribution is 6.33. The first-order valence-corrected chi connectivity index (χ1v) is 6.10. The van der Waals surface area contributed by atoms with Crippen molar-refractivity contribution in [3.63, 3.8) is 0 Å².